The second kappa shape index (κ2) is 3.85. The van der Waals surface area contributed by atoms with Gasteiger partial charge in [0.25, 0.3) is 0 Å². The van der Waals surface area contributed by atoms with Gasteiger partial charge in [0.15, 0.2) is 0 Å². The average molecular weight is 168 g/mol. The highest BCUT2D eigenvalue weighted by Gasteiger charge is 2.29. The molecule has 0 saturated carbocycles. The van der Waals surface area contributed by atoms with Gasteiger partial charge in [0, 0.05) is 6.54 Å². The molecular formula is C5H7F3N2O. The zero-order chi connectivity index (χ0) is 8.91. The highest BCUT2D eigenvalue weighted by molar-refractivity contribution is 5.74. The maximum atomic E-state index is 11.3. The maximum absolute atomic E-state index is 11.3. The topological polar surface area (TPSA) is 41.1 Å². The fourth-order valence-corrected chi connectivity index (χ4v) is 0.338. The minimum absolute atomic E-state index is 0.00190. The van der Waals surface area contributed by atoms with Gasteiger partial charge in [0.2, 0.25) is 0 Å². The van der Waals surface area contributed by atoms with Crippen molar-refractivity contribution in [3.63, 3.8) is 0 Å². The van der Waals surface area contributed by atoms with Crippen LogP contribution in [0.2, 0.25) is 0 Å². The lowest BCUT2D eigenvalue weighted by atomic mass is 10.6. The minimum Gasteiger partial charge on any atom is -0.334 e. The van der Waals surface area contributed by atoms with E-state index in [0.29, 0.717) is 0 Å². The average Bonchev–Trinajstić information content (AvgIpc) is 1.79. The van der Waals surface area contributed by atoms with Crippen LogP contribution in [0.3, 0.4) is 0 Å². The number of urea groups is 1. The Kier molecular flexibility index (Phi) is 3.43. The van der Waals surface area contributed by atoms with Gasteiger partial charge in [0.05, 0.1) is 0 Å². The van der Waals surface area contributed by atoms with Crippen LogP contribution in [-0.2, 0) is 0 Å². The first-order chi connectivity index (χ1) is 4.95. The Morgan fingerprint density at radius 2 is 2.09 bits per heavy atom. The summed E-state index contributed by atoms with van der Waals surface area (Å²) in [7, 11) is 0. The Balaban J connectivity index is 3.61. The van der Waals surface area contributed by atoms with E-state index in [1.807, 2.05) is 5.32 Å². The van der Waals surface area contributed by atoms with Gasteiger partial charge >= 0.3 is 12.3 Å². The summed E-state index contributed by atoms with van der Waals surface area (Å²) in [4.78, 5) is 10.2. The molecule has 0 radical (unpaired) electrons. The minimum atomic E-state index is -4.68. The second-order valence-corrected chi connectivity index (χ2v) is 1.62. The van der Waals surface area contributed by atoms with Crippen LogP contribution < -0.4 is 10.6 Å². The van der Waals surface area contributed by atoms with E-state index >= 15 is 0 Å². The summed E-state index contributed by atoms with van der Waals surface area (Å²) >= 11 is 0. The first-order valence-corrected chi connectivity index (χ1v) is 2.69. The Bertz CT molecular complexity index is 154. The predicted octanol–water partition coefficient (Wildman–Crippen LogP) is 0.991. The molecule has 0 aliphatic heterocycles. The molecule has 0 aromatic heterocycles. The second-order valence-electron chi connectivity index (χ2n) is 1.62. The lowest BCUT2D eigenvalue weighted by Crippen LogP contribution is -2.44. The van der Waals surface area contributed by atoms with E-state index < -0.39 is 12.3 Å². The van der Waals surface area contributed by atoms with Gasteiger partial charge in [-0.2, -0.15) is 13.2 Å². The summed E-state index contributed by atoms with van der Waals surface area (Å²) in [5.74, 6) is 0. The van der Waals surface area contributed by atoms with Crippen LogP contribution in [0.5, 0.6) is 0 Å². The zero-order valence-electron chi connectivity index (χ0n) is 5.53. The number of amides is 2. The smallest absolute Gasteiger partial charge is 0.334 e. The maximum Gasteiger partial charge on any atom is 0.485 e. The summed E-state index contributed by atoms with van der Waals surface area (Å²) < 4.78 is 34.0. The van der Waals surface area contributed by atoms with Crippen LogP contribution in [0.15, 0.2) is 12.7 Å². The van der Waals surface area contributed by atoms with E-state index in [9.17, 15) is 18.0 Å². The third-order valence-corrected chi connectivity index (χ3v) is 0.662. The fraction of sp³-hybridized carbons (Fsp3) is 0.400. The molecule has 0 bridgehead atoms. The Hall–Kier alpha value is -1.20. The van der Waals surface area contributed by atoms with Crippen molar-refractivity contribution < 1.29 is 18.0 Å². The molecule has 0 saturated heterocycles. The molecule has 0 aromatic rings. The summed E-state index contributed by atoms with van der Waals surface area (Å²) in [5, 5.41) is 2.66. The number of nitrogens with one attached hydrogen (secondary N) is 2. The molecule has 6 heteroatoms. The SMILES string of the molecule is C=CCNC(=O)NC(F)(F)F. The standard InChI is InChI=1S/C5H7F3N2O/c1-2-3-9-4(11)10-5(6,7)8/h2H,1,3H2,(H2,9,10,11). The molecule has 11 heavy (non-hydrogen) atoms. The van der Waals surface area contributed by atoms with Gasteiger partial charge in [0.1, 0.15) is 0 Å². The summed E-state index contributed by atoms with van der Waals surface area (Å²) in [6.45, 7) is 3.21. The quantitative estimate of drug-likeness (QED) is 0.468. The highest BCUT2D eigenvalue weighted by Crippen LogP contribution is 2.08. The number of rotatable bonds is 2. The van der Waals surface area contributed by atoms with E-state index in [1.165, 1.54) is 6.08 Å². The molecule has 3 nitrogen and oxygen atoms in total. The molecule has 0 aliphatic rings. The number of hydrogen-bond donors (Lipinski definition) is 2. The van der Waals surface area contributed by atoms with E-state index in [2.05, 4.69) is 6.58 Å². The molecule has 0 unspecified atom stereocenters. The molecule has 0 aliphatic carbocycles. The number of alkyl halides is 3. The van der Waals surface area contributed by atoms with Gasteiger partial charge in [-0.3, -0.25) is 0 Å². The van der Waals surface area contributed by atoms with Crippen LogP contribution in [0, 0.1) is 0 Å². The fourth-order valence-electron chi connectivity index (χ4n) is 0.338. The molecule has 0 rings (SSSR count). The van der Waals surface area contributed by atoms with Gasteiger partial charge < -0.3 is 5.32 Å². The van der Waals surface area contributed by atoms with Gasteiger partial charge in [-0.25, -0.2) is 10.1 Å². The molecule has 0 aromatic carbocycles. The first-order valence-electron chi connectivity index (χ1n) is 2.69. The van der Waals surface area contributed by atoms with Gasteiger partial charge in [-0.05, 0) is 0 Å². The van der Waals surface area contributed by atoms with E-state index in [4.69, 9.17) is 0 Å². The molecule has 0 spiro atoms. The van der Waals surface area contributed by atoms with E-state index in [-0.39, 0.29) is 6.54 Å². The van der Waals surface area contributed by atoms with Crippen LogP contribution in [-0.4, -0.2) is 18.9 Å². The van der Waals surface area contributed by atoms with Crippen LogP contribution in [0.1, 0.15) is 0 Å². The number of carbonyl (C=O) groups is 1. The molecule has 2 N–H and O–H groups in total. The first kappa shape index (κ1) is 9.80. The molecule has 0 fully saturated rings. The largest absolute Gasteiger partial charge is 0.485 e. The summed E-state index contributed by atoms with van der Waals surface area (Å²) in [6, 6.07) is -1.28. The molecular weight excluding hydrogens is 161 g/mol. The molecule has 0 heterocycles. The van der Waals surface area contributed by atoms with Crippen molar-refractivity contribution >= 4 is 6.03 Å². The van der Waals surface area contributed by atoms with Crippen molar-refractivity contribution in [3.8, 4) is 0 Å². The van der Waals surface area contributed by atoms with E-state index in [0.717, 1.165) is 5.32 Å². The van der Waals surface area contributed by atoms with Crippen molar-refractivity contribution in [2.24, 2.45) is 0 Å². The van der Waals surface area contributed by atoms with Crippen LogP contribution in [0.25, 0.3) is 0 Å². The molecule has 64 valence electrons. The highest BCUT2D eigenvalue weighted by atomic mass is 19.4. The Morgan fingerprint density at radius 1 is 1.55 bits per heavy atom. The molecule has 2 amide bonds. The number of hydrogen-bond acceptors (Lipinski definition) is 1. The number of carbonyl (C=O) groups excluding carboxylic acids is 1. The monoisotopic (exact) mass is 168 g/mol. The van der Waals surface area contributed by atoms with Gasteiger partial charge in [-0.1, -0.05) is 6.08 Å². The van der Waals surface area contributed by atoms with Crippen molar-refractivity contribution in [1.82, 2.24) is 10.6 Å². The Labute approximate surface area is 61.3 Å². The zero-order valence-corrected chi connectivity index (χ0v) is 5.53. The summed E-state index contributed by atoms with van der Waals surface area (Å²) in [5.41, 5.74) is 0. The van der Waals surface area contributed by atoms with Gasteiger partial charge in [-0.15, -0.1) is 6.58 Å². The third-order valence-electron chi connectivity index (χ3n) is 0.662. The Morgan fingerprint density at radius 3 is 2.45 bits per heavy atom. The van der Waals surface area contributed by atoms with E-state index in [1.54, 1.807) is 0 Å². The third kappa shape index (κ3) is 6.69. The molecule has 0 atom stereocenters. The predicted molar refractivity (Wildman–Crippen MR) is 32.8 cm³/mol. The van der Waals surface area contributed by atoms with Crippen LogP contribution in [0.4, 0.5) is 18.0 Å². The lowest BCUT2D eigenvalue weighted by Gasteiger charge is -2.07. The lowest BCUT2D eigenvalue weighted by molar-refractivity contribution is -0.145. The van der Waals surface area contributed by atoms with Crippen LogP contribution >= 0.6 is 0 Å². The van der Waals surface area contributed by atoms with Crippen molar-refractivity contribution in [1.29, 1.82) is 0 Å². The van der Waals surface area contributed by atoms with Crippen molar-refractivity contribution in [3.05, 3.63) is 12.7 Å². The summed E-state index contributed by atoms with van der Waals surface area (Å²) in [6.07, 6.45) is -3.40. The normalized spacial score (nSPS) is 10.5. The van der Waals surface area contributed by atoms with Crippen molar-refractivity contribution in [2.75, 3.05) is 6.54 Å². The number of halogens is 3. The van der Waals surface area contributed by atoms with Crippen molar-refractivity contribution in [2.45, 2.75) is 6.30 Å².